The molecule has 3 rings (SSSR count). The van der Waals surface area contributed by atoms with E-state index < -0.39 is 6.10 Å². The maximum atomic E-state index is 12.6. The highest BCUT2D eigenvalue weighted by atomic mass is 16.5. The van der Waals surface area contributed by atoms with Gasteiger partial charge in [0.25, 0.3) is 5.91 Å². The number of nitrogens with zero attached hydrogens (tertiary/aromatic N) is 2. The summed E-state index contributed by atoms with van der Waals surface area (Å²) in [6.07, 6.45) is 3.82. The second kappa shape index (κ2) is 8.74. The zero-order valence-corrected chi connectivity index (χ0v) is 16.9. The molecule has 1 atom stereocenters. The molecular formula is C23H27N3O2. The van der Waals surface area contributed by atoms with Gasteiger partial charge < -0.3 is 14.6 Å². The van der Waals surface area contributed by atoms with E-state index in [2.05, 4.69) is 10.3 Å². The molecule has 5 heteroatoms. The van der Waals surface area contributed by atoms with E-state index in [1.807, 2.05) is 80.9 Å². The Morgan fingerprint density at radius 3 is 2.54 bits per heavy atom. The van der Waals surface area contributed by atoms with Crippen LogP contribution in [0.25, 0.3) is 5.69 Å². The standard InChI is InChI=1S/C23H27N3O2/c1-5-21(28-22-14-16(2)6-7-17(22)3)23(27)25-15-19-8-10-20(11-9-19)26-13-12-24-18(26)4/h6-14,21H,5,15H2,1-4H3,(H,25,27)/t21-/m1/s1. The van der Waals surface area contributed by atoms with Crippen molar-refractivity contribution in [3.63, 3.8) is 0 Å². The van der Waals surface area contributed by atoms with E-state index in [0.717, 1.165) is 34.0 Å². The summed E-state index contributed by atoms with van der Waals surface area (Å²) < 4.78 is 8.01. The summed E-state index contributed by atoms with van der Waals surface area (Å²) in [5.41, 5.74) is 4.23. The van der Waals surface area contributed by atoms with E-state index in [4.69, 9.17) is 4.74 Å². The Morgan fingerprint density at radius 2 is 1.89 bits per heavy atom. The fraction of sp³-hybridized carbons (Fsp3) is 0.304. The van der Waals surface area contributed by atoms with Crippen LogP contribution >= 0.6 is 0 Å². The van der Waals surface area contributed by atoms with Crippen LogP contribution < -0.4 is 10.1 Å². The van der Waals surface area contributed by atoms with Crippen molar-refractivity contribution in [2.24, 2.45) is 0 Å². The summed E-state index contributed by atoms with van der Waals surface area (Å²) in [6.45, 7) is 8.40. The van der Waals surface area contributed by atoms with Crippen molar-refractivity contribution in [3.8, 4) is 11.4 Å². The minimum atomic E-state index is -0.506. The number of benzene rings is 2. The van der Waals surface area contributed by atoms with Crippen molar-refractivity contribution in [1.29, 1.82) is 0 Å². The molecule has 1 aromatic heterocycles. The Balaban J connectivity index is 1.60. The summed E-state index contributed by atoms with van der Waals surface area (Å²) in [6, 6.07) is 14.1. The molecule has 1 heterocycles. The van der Waals surface area contributed by atoms with Crippen LogP contribution in [0.3, 0.4) is 0 Å². The molecule has 5 nitrogen and oxygen atoms in total. The number of aromatic nitrogens is 2. The second-order valence-electron chi connectivity index (χ2n) is 7.01. The Kier molecular flexibility index (Phi) is 6.14. The molecule has 0 aliphatic rings. The molecule has 1 amide bonds. The molecule has 0 saturated carbocycles. The van der Waals surface area contributed by atoms with Crippen LogP contribution in [-0.2, 0) is 11.3 Å². The van der Waals surface area contributed by atoms with Crippen molar-refractivity contribution in [3.05, 3.63) is 77.4 Å². The van der Waals surface area contributed by atoms with Gasteiger partial charge in [-0.2, -0.15) is 0 Å². The Morgan fingerprint density at radius 1 is 1.14 bits per heavy atom. The first-order chi connectivity index (χ1) is 13.5. The van der Waals surface area contributed by atoms with Gasteiger partial charge in [-0.3, -0.25) is 4.79 Å². The Hall–Kier alpha value is -3.08. The summed E-state index contributed by atoms with van der Waals surface area (Å²) >= 11 is 0. The van der Waals surface area contributed by atoms with Crippen LogP contribution in [0.5, 0.6) is 5.75 Å². The molecule has 28 heavy (non-hydrogen) atoms. The van der Waals surface area contributed by atoms with Gasteiger partial charge in [0.2, 0.25) is 0 Å². The minimum absolute atomic E-state index is 0.0991. The number of ether oxygens (including phenoxy) is 1. The maximum Gasteiger partial charge on any atom is 0.261 e. The molecule has 0 aliphatic carbocycles. The third-order valence-electron chi connectivity index (χ3n) is 4.78. The number of aryl methyl sites for hydroxylation is 3. The second-order valence-corrected chi connectivity index (χ2v) is 7.01. The highest BCUT2D eigenvalue weighted by molar-refractivity contribution is 5.81. The first kappa shape index (κ1) is 19.7. The number of rotatable bonds is 7. The molecule has 0 radical (unpaired) electrons. The molecule has 146 valence electrons. The lowest BCUT2D eigenvalue weighted by Crippen LogP contribution is -2.37. The van der Waals surface area contributed by atoms with E-state index in [-0.39, 0.29) is 5.91 Å². The van der Waals surface area contributed by atoms with Gasteiger partial charge in [-0.05, 0) is 62.1 Å². The SMILES string of the molecule is CC[C@@H](Oc1cc(C)ccc1C)C(=O)NCc1ccc(-n2ccnc2C)cc1. The van der Waals surface area contributed by atoms with Crippen molar-refractivity contribution in [2.75, 3.05) is 0 Å². The van der Waals surface area contributed by atoms with E-state index in [1.54, 1.807) is 6.20 Å². The van der Waals surface area contributed by atoms with Gasteiger partial charge in [0.1, 0.15) is 11.6 Å². The number of hydrogen-bond donors (Lipinski definition) is 1. The molecule has 1 N–H and O–H groups in total. The maximum absolute atomic E-state index is 12.6. The zero-order chi connectivity index (χ0) is 20.1. The van der Waals surface area contributed by atoms with Crippen molar-refractivity contribution in [2.45, 2.75) is 46.8 Å². The van der Waals surface area contributed by atoms with E-state index in [0.29, 0.717) is 13.0 Å². The Bertz CT molecular complexity index is 945. The molecule has 0 saturated heterocycles. The average molecular weight is 377 g/mol. The van der Waals surface area contributed by atoms with Crippen LogP contribution in [0.4, 0.5) is 0 Å². The number of carbonyl (C=O) groups is 1. The highest BCUT2D eigenvalue weighted by Gasteiger charge is 2.19. The molecule has 2 aromatic carbocycles. The van der Waals surface area contributed by atoms with E-state index in [9.17, 15) is 4.79 Å². The van der Waals surface area contributed by atoms with Gasteiger partial charge >= 0.3 is 0 Å². The van der Waals surface area contributed by atoms with Gasteiger partial charge in [-0.1, -0.05) is 31.2 Å². The van der Waals surface area contributed by atoms with Crippen LogP contribution in [0.2, 0.25) is 0 Å². The first-order valence-electron chi connectivity index (χ1n) is 9.59. The lowest BCUT2D eigenvalue weighted by atomic mass is 10.1. The summed E-state index contributed by atoms with van der Waals surface area (Å²) in [5.74, 6) is 1.61. The normalized spacial score (nSPS) is 11.9. The van der Waals surface area contributed by atoms with Crippen molar-refractivity contribution in [1.82, 2.24) is 14.9 Å². The lowest BCUT2D eigenvalue weighted by Gasteiger charge is -2.19. The van der Waals surface area contributed by atoms with Crippen molar-refractivity contribution < 1.29 is 9.53 Å². The Labute approximate surface area is 166 Å². The molecule has 0 aliphatic heterocycles. The summed E-state index contributed by atoms with van der Waals surface area (Å²) in [4.78, 5) is 16.8. The lowest BCUT2D eigenvalue weighted by molar-refractivity contribution is -0.128. The van der Waals surface area contributed by atoms with Gasteiger partial charge in [-0.15, -0.1) is 0 Å². The minimum Gasteiger partial charge on any atom is -0.480 e. The van der Waals surface area contributed by atoms with Gasteiger partial charge in [0, 0.05) is 24.6 Å². The summed E-state index contributed by atoms with van der Waals surface area (Å²) in [5, 5.41) is 2.99. The number of amides is 1. The van der Waals surface area contributed by atoms with E-state index in [1.165, 1.54) is 0 Å². The quantitative estimate of drug-likeness (QED) is 0.669. The van der Waals surface area contributed by atoms with Crippen LogP contribution in [0.15, 0.2) is 54.9 Å². The van der Waals surface area contributed by atoms with Crippen molar-refractivity contribution >= 4 is 5.91 Å². The zero-order valence-electron chi connectivity index (χ0n) is 16.9. The smallest absolute Gasteiger partial charge is 0.261 e. The average Bonchev–Trinajstić information content (AvgIpc) is 3.13. The topological polar surface area (TPSA) is 56.1 Å². The fourth-order valence-corrected chi connectivity index (χ4v) is 3.04. The van der Waals surface area contributed by atoms with Crippen LogP contribution in [-0.4, -0.2) is 21.6 Å². The van der Waals surface area contributed by atoms with Gasteiger partial charge in [-0.25, -0.2) is 4.98 Å². The summed E-state index contributed by atoms with van der Waals surface area (Å²) in [7, 11) is 0. The number of imidazole rings is 1. The molecular weight excluding hydrogens is 350 g/mol. The highest BCUT2D eigenvalue weighted by Crippen LogP contribution is 2.21. The predicted octanol–water partition coefficient (Wildman–Crippen LogP) is 4.27. The molecule has 0 spiro atoms. The molecule has 0 fully saturated rings. The number of nitrogens with one attached hydrogen (secondary N) is 1. The van der Waals surface area contributed by atoms with Crippen LogP contribution in [0, 0.1) is 20.8 Å². The third-order valence-corrected chi connectivity index (χ3v) is 4.78. The molecule has 0 bridgehead atoms. The molecule has 0 unspecified atom stereocenters. The molecule has 3 aromatic rings. The fourth-order valence-electron chi connectivity index (χ4n) is 3.04. The van der Waals surface area contributed by atoms with Crippen LogP contribution in [0.1, 0.15) is 35.9 Å². The van der Waals surface area contributed by atoms with Gasteiger partial charge in [0.05, 0.1) is 0 Å². The predicted molar refractivity (Wildman–Crippen MR) is 111 cm³/mol. The first-order valence-corrected chi connectivity index (χ1v) is 9.59. The van der Waals surface area contributed by atoms with E-state index >= 15 is 0 Å². The monoisotopic (exact) mass is 377 g/mol. The van der Waals surface area contributed by atoms with Gasteiger partial charge in [0.15, 0.2) is 6.10 Å². The number of carbonyl (C=O) groups excluding carboxylic acids is 1. The largest absolute Gasteiger partial charge is 0.480 e. The number of hydrogen-bond acceptors (Lipinski definition) is 3. The third kappa shape index (κ3) is 4.60.